The average molecular weight is 251 g/mol. The lowest BCUT2D eigenvalue weighted by Crippen LogP contribution is -1.93. The van der Waals surface area contributed by atoms with E-state index >= 15 is 0 Å². The van der Waals surface area contributed by atoms with Crippen LogP contribution in [0, 0.1) is 20.2 Å². The molecule has 0 atom stereocenters. The highest BCUT2D eigenvalue weighted by Gasteiger charge is 2.23. The minimum absolute atomic E-state index is 0.0194. The van der Waals surface area contributed by atoms with Crippen LogP contribution in [0.25, 0.3) is 11.1 Å². The molecule has 1 aromatic heterocycles. The predicted octanol–water partition coefficient (Wildman–Crippen LogP) is 2.60. The molecule has 8 nitrogen and oxygen atoms in total. The molecule has 0 N–H and O–H groups in total. The molecule has 1 heterocycles. The van der Waals surface area contributed by atoms with E-state index in [1.54, 1.807) is 0 Å². The zero-order chi connectivity index (χ0) is 13.3. The van der Waals surface area contributed by atoms with E-state index in [9.17, 15) is 20.2 Å². The molecule has 2 rings (SSSR count). The Morgan fingerprint density at radius 2 is 2.00 bits per heavy atom. The third kappa shape index (κ3) is 1.99. The monoisotopic (exact) mass is 251 g/mol. The molecular formula is C10H9N3O5. The summed E-state index contributed by atoms with van der Waals surface area (Å²) in [4.78, 5) is 24.1. The van der Waals surface area contributed by atoms with Crippen molar-refractivity contribution in [1.82, 2.24) is 4.98 Å². The number of oxazole rings is 1. The molecule has 8 heteroatoms. The molecule has 0 bridgehead atoms. The largest absolute Gasteiger partial charge is 0.433 e. The predicted molar refractivity (Wildman–Crippen MR) is 61.3 cm³/mol. The number of hydrogen-bond donors (Lipinski definition) is 0. The molecule has 0 aliphatic carbocycles. The molecule has 18 heavy (non-hydrogen) atoms. The van der Waals surface area contributed by atoms with E-state index in [0.29, 0.717) is 12.3 Å². The maximum absolute atomic E-state index is 10.9. The average Bonchev–Trinajstić information content (AvgIpc) is 2.69. The fourth-order valence-corrected chi connectivity index (χ4v) is 1.61. The Morgan fingerprint density at radius 1 is 1.28 bits per heavy atom. The number of non-ortho nitro benzene ring substituents is 2. The Bertz CT molecular complexity index is 634. The molecule has 2 aromatic rings. The van der Waals surface area contributed by atoms with Crippen LogP contribution in [0.3, 0.4) is 0 Å². The third-order valence-corrected chi connectivity index (χ3v) is 2.37. The fourth-order valence-electron chi connectivity index (χ4n) is 1.61. The molecule has 94 valence electrons. The van der Waals surface area contributed by atoms with Crippen LogP contribution < -0.4 is 0 Å². The minimum atomic E-state index is -0.712. The summed E-state index contributed by atoms with van der Waals surface area (Å²) in [6.45, 7) is 1.91. The Balaban J connectivity index is 2.69. The van der Waals surface area contributed by atoms with Crippen molar-refractivity contribution in [3.8, 4) is 0 Å². The zero-order valence-electron chi connectivity index (χ0n) is 9.45. The van der Waals surface area contributed by atoms with Crippen molar-refractivity contribution in [2.75, 3.05) is 0 Å². The summed E-state index contributed by atoms with van der Waals surface area (Å²) >= 11 is 0. The third-order valence-electron chi connectivity index (χ3n) is 2.37. The highest BCUT2D eigenvalue weighted by Crippen LogP contribution is 2.31. The van der Waals surface area contributed by atoms with Gasteiger partial charge in [0.25, 0.3) is 5.69 Å². The van der Waals surface area contributed by atoms with Gasteiger partial charge in [0.05, 0.1) is 15.9 Å². The summed E-state index contributed by atoms with van der Waals surface area (Å²) in [5.41, 5.74) is -0.687. The number of benzene rings is 1. The molecule has 0 saturated carbocycles. The zero-order valence-corrected chi connectivity index (χ0v) is 9.45. The number of nitro benzene ring substituents is 2. The van der Waals surface area contributed by atoms with Crippen molar-refractivity contribution in [1.29, 1.82) is 0 Å². The quantitative estimate of drug-likeness (QED) is 0.609. The van der Waals surface area contributed by atoms with E-state index in [0.717, 1.165) is 12.5 Å². The molecule has 1 aromatic carbocycles. The van der Waals surface area contributed by atoms with E-state index in [2.05, 4.69) is 4.98 Å². The van der Waals surface area contributed by atoms with Crippen LogP contribution in [0.4, 0.5) is 11.4 Å². The normalized spacial score (nSPS) is 10.7. The van der Waals surface area contributed by atoms with Crippen LogP contribution in [0.1, 0.15) is 19.2 Å². The SMILES string of the molecule is CCCc1nc2cc([N+](=O)[O-])cc([N+](=O)[O-])c2o1. The Hall–Kier alpha value is -2.51. The number of aryl methyl sites for hydroxylation is 1. The van der Waals surface area contributed by atoms with Crippen LogP contribution in [0.2, 0.25) is 0 Å². The van der Waals surface area contributed by atoms with E-state index in [-0.39, 0.29) is 16.8 Å². The molecule has 0 saturated heterocycles. The molecular weight excluding hydrogens is 242 g/mol. The van der Waals surface area contributed by atoms with Crippen molar-refractivity contribution >= 4 is 22.5 Å². The van der Waals surface area contributed by atoms with Gasteiger partial charge in [-0.3, -0.25) is 20.2 Å². The van der Waals surface area contributed by atoms with Gasteiger partial charge in [0.2, 0.25) is 5.58 Å². The lowest BCUT2D eigenvalue weighted by molar-refractivity contribution is -0.393. The van der Waals surface area contributed by atoms with E-state index in [1.807, 2.05) is 6.92 Å². The lowest BCUT2D eigenvalue weighted by Gasteiger charge is -1.93. The highest BCUT2D eigenvalue weighted by molar-refractivity contribution is 5.85. The molecule has 0 fully saturated rings. The summed E-state index contributed by atoms with van der Waals surface area (Å²) < 4.78 is 5.26. The van der Waals surface area contributed by atoms with Crippen molar-refractivity contribution in [3.05, 3.63) is 38.3 Å². The molecule has 0 aliphatic rings. The number of fused-ring (bicyclic) bond motifs is 1. The first-order valence-electron chi connectivity index (χ1n) is 5.25. The van der Waals surface area contributed by atoms with Crippen LogP contribution in [0.15, 0.2) is 16.5 Å². The molecule has 0 radical (unpaired) electrons. The van der Waals surface area contributed by atoms with Crippen LogP contribution in [-0.2, 0) is 6.42 Å². The number of nitro groups is 2. The first kappa shape index (κ1) is 12.0. The van der Waals surface area contributed by atoms with Gasteiger partial charge in [0, 0.05) is 12.5 Å². The maximum atomic E-state index is 10.9. The number of hydrogen-bond acceptors (Lipinski definition) is 6. The summed E-state index contributed by atoms with van der Waals surface area (Å²) in [5, 5.41) is 21.5. The van der Waals surface area contributed by atoms with Gasteiger partial charge in [0.1, 0.15) is 5.52 Å². The summed E-state index contributed by atoms with van der Waals surface area (Å²) in [7, 11) is 0. The van der Waals surface area contributed by atoms with E-state index in [1.165, 1.54) is 6.07 Å². The lowest BCUT2D eigenvalue weighted by atomic mass is 10.2. The first-order chi connectivity index (χ1) is 8.52. The van der Waals surface area contributed by atoms with Gasteiger partial charge in [-0.1, -0.05) is 6.92 Å². The van der Waals surface area contributed by atoms with Gasteiger partial charge in [-0.2, -0.15) is 0 Å². The van der Waals surface area contributed by atoms with Gasteiger partial charge in [0.15, 0.2) is 5.89 Å². The number of aromatic nitrogens is 1. The molecule has 0 unspecified atom stereocenters. The van der Waals surface area contributed by atoms with E-state index in [4.69, 9.17) is 4.42 Å². The van der Waals surface area contributed by atoms with Gasteiger partial charge >= 0.3 is 5.69 Å². The highest BCUT2D eigenvalue weighted by atomic mass is 16.6. The topological polar surface area (TPSA) is 112 Å². The standard InChI is InChI=1S/C10H9N3O5/c1-2-3-9-11-7-4-6(12(14)15)5-8(13(16)17)10(7)18-9/h4-5H,2-3H2,1H3. The van der Waals surface area contributed by atoms with Gasteiger partial charge in [-0.25, -0.2) is 4.98 Å². The maximum Gasteiger partial charge on any atom is 0.320 e. The minimum Gasteiger partial charge on any atom is -0.433 e. The summed E-state index contributed by atoms with van der Waals surface area (Å²) in [6.07, 6.45) is 1.29. The second kappa shape index (κ2) is 4.40. The second-order valence-electron chi connectivity index (χ2n) is 3.68. The molecule has 0 spiro atoms. The van der Waals surface area contributed by atoms with Crippen molar-refractivity contribution in [2.24, 2.45) is 0 Å². The number of nitrogens with zero attached hydrogens (tertiary/aromatic N) is 3. The number of rotatable bonds is 4. The van der Waals surface area contributed by atoms with Crippen molar-refractivity contribution in [2.45, 2.75) is 19.8 Å². The molecule has 0 amide bonds. The first-order valence-corrected chi connectivity index (χ1v) is 5.25. The smallest absolute Gasteiger partial charge is 0.320 e. The van der Waals surface area contributed by atoms with E-state index < -0.39 is 15.5 Å². The summed E-state index contributed by atoms with van der Waals surface area (Å²) in [6, 6.07) is 2.05. The Kier molecular flexibility index (Phi) is 2.92. The summed E-state index contributed by atoms with van der Waals surface area (Å²) in [5.74, 6) is 0.344. The fraction of sp³-hybridized carbons (Fsp3) is 0.300. The van der Waals surface area contributed by atoms with Gasteiger partial charge in [-0.05, 0) is 6.42 Å². The van der Waals surface area contributed by atoms with Gasteiger partial charge in [-0.15, -0.1) is 0 Å². The van der Waals surface area contributed by atoms with Crippen LogP contribution >= 0.6 is 0 Å². The Labute approximate surface area is 101 Å². The van der Waals surface area contributed by atoms with Crippen molar-refractivity contribution < 1.29 is 14.3 Å². The van der Waals surface area contributed by atoms with Gasteiger partial charge < -0.3 is 4.42 Å². The second-order valence-corrected chi connectivity index (χ2v) is 3.68. The molecule has 0 aliphatic heterocycles. The Morgan fingerprint density at radius 3 is 2.56 bits per heavy atom. The van der Waals surface area contributed by atoms with Crippen molar-refractivity contribution in [3.63, 3.8) is 0 Å². The van der Waals surface area contributed by atoms with Crippen LogP contribution in [0.5, 0.6) is 0 Å². The van der Waals surface area contributed by atoms with Crippen LogP contribution in [-0.4, -0.2) is 14.8 Å².